The van der Waals surface area contributed by atoms with Crippen LogP contribution in [0.3, 0.4) is 0 Å². The molecular formula is C15H16N6. The molecule has 6 nitrogen and oxygen atoms in total. The maximum atomic E-state index is 9.12. The van der Waals surface area contributed by atoms with Crippen LogP contribution in [0.15, 0.2) is 36.7 Å². The summed E-state index contributed by atoms with van der Waals surface area (Å²) in [5.41, 5.74) is 0.578. The molecule has 0 amide bonds. The van der Waals surface area contributed by atoms with Crippen LogP contribution in [0.2, 0.25) is 0 Å². The molecule has 1 aliphatic heterocycles. The zero-order valence-electron chi connectivity index (χ0n) is 11.6. The molecule has 0 aromatic carbocycles. The molecule has 3 rings (SSSR count). The lowest BCUT2D eigenvalue weighted by atomic mass is 10.1. The van der Waals surface area contributed by atoms with E-state index in [0.717, 1.165) is 31.7 Å². The molecular weight excluding hydrogens is 264 g/mol. The van der Waals surface area contributed by atoms with Gasteiger partial charge in [0.15, 0.2) is 5.82 Å². The molecule has 0 aliphatic carbocycles. The third kappa shape index (κ3) is 3.08. The van der Waals surface area contributed by atoms with Crippen molar-refractivity contribution >= 4 is 11.6 Å². The molecule has 0 spiro atoms. The Hall–Kier alpha value is -2.68. The molecule has 1 N–H and O–H groups in total. The number of hydrogen-bond acceptors (Lipinski definition) is 6. The fraction of sp³-hybridized carbons (Fsp3) is 0.333. The molecule has 106 valence electrons. The standard InChI is InChI=1S/C15H16N6/c16-10-12-4-1-7-17-15(12)19-13-5-3-9-21(11-13)14-6-2-8-18-20-14/h1-2,4,6-8,13H,3,5,9,11H2,(H,17,19). The van der Waals surface area contributed by atoms with Crippen LogP contribution in [0.4, 0.5) is 11.6 Å². The third-order valence-corrected chi connectivity index (χ3v) is 3.57. The van der Waals surface area contributed by atoms with Crippen LogP contribution >= 0.6 is 0 Å². The van der Waals surface area contributed by atoms with Crippen molar-refractivity contribution in [3.8, 4) is 6.07 Å². The summed E-state index contributed by atoms with van der Waals surface area (Å²) in [4.78, 5) is 6.47. The average Bonchev–Trinajstić information content (AvgIpc) is 2.56. The number of nitrogens with zero attached hydrogens (tertiary/aromatic N) is 5. The van der Waals surface area contributed by atoms with E-state index >= 15 is 0 Å². The van der Waals surface area contributed by atoms with Crippen molar-refractivity contribution in [2.24, 2.45) is 0 Å². The minimum Gasteiger partial charge on any atom is -0.364 e. The lowest BCUT2D eigenvalue weighted by molar-refractivity contribution is 0.524. The van der Waals surface area contributed by atoms with Crippen molar-refractivity contribution in [2.45, 2.75) is 18.9 Å². The van der Waals surface area contributed by atoms with E-state index in [0.29, 0.717) is 11.4 Å². The van der Waals surface area contributed by atoms with Crippen LogP contribution < -0.4 is 10.2 Å². The summed E-state index contributed by atoms with van der Waals surface area (Å²) in [5, 5.41) is 20.6. The molecule has 6 heteroatoms. The Kier molecular flexibility index (Phi) is 3.92. The smallest absolute Gasteiger partial charge is 0.151 e. The minimum absolute atomic E-state index is 0.253. The summed E-state index contributed by atoms with van der Waals surface area (Å²) in [7, 11) is 0. The van der Waals surface area contributed by atoms with E-state index in [2.05, 4.69) is 31.5 Å². The number of aromatic nitrogens is 3. The van der Waals surface area contributed by atoms with E-state index in [1.807, 2.05) is 12.1 Å². The van der Waals surface area contributed by atoms with Gasteiger partial charge < -0.3 is 10.2 Å². The van der Waals surface area contributed by atoms with E-state index in [-0.39, 0.29) is 6.04 Å². The topological polar surface area (TPSA) is 77.7 Å². The lowest BCUT2D eigenvalue weighted by Crippen LogP contribution is -2.42. The normalized spacial score (nSPS) is 18.0. The first-order valence-corrected chi connectivity index (χ1v) is 7.01. The number of pyridine rings is 1. The molecule has 2 aromatic rings. The van der Waals surface area contributed by atoms with E-state index in [1.54, 1.807) is 24.5 Å². The van der Waals surface area contributed by atoms with Crippen LogP contribution in [0.1, 0.15) is 18.4 Å². The van der Waals surface area contributed by atoms with Gasteiger partial charge in [0.25, 0.3) is 0 Å². The SMILES string of the molecule is N#Cc1cccnc1NC1CCCN(c2cccnn2)C1. The molecule has 0 bridgehead atoms. The van der Waals surface area contributed by atoms with Gasteiger partial charge in [-0.25, -0.2) is 4.98 Å². The average molecular weight is 280 g/mol. The van der Waals surface area contributed by atoms with Gasteiger partial charge in [0.05, 0.1) is 5.56 Å². The van der Waals surface area contributed by atoms with Gasteiger partial charge in [-0.3, -0.25) is 0 Å². The number of hydrogen-bond donors (Lipinski definition) is 1. The van der Waals surface area contributed by atoms with Gasteiger partial charge >= 0.3 is 0 Å². The number of rotatable bonds is 3. The van der Waals surface area contributed by atoms with Crippen molar-refractivity contribution in [3.05, 3.63) is 42.2 Å². The monoisotopic (exact) mass is 280 g/mol. The Labute approximate surface area is 123 Å². The van der Waals surface area contributed by atoms with Gasteiger partial charge in [0, 0.05) is 31.5 Å². The van der Waals surface area contributed by atoms with Crippen molar-refractivity contribution in [1.82, 2.24) is 15.2 Å². The van der Waals surface area contributed by atoms with Gasteiger partial charge in [-0.05, 0) is 37.1 Å². The van der Waals surface area contributed by atoms with Crippen LogP contribution in [0, 0.1) is 11.3 Å². The first kappa shape index (κ1) is 13.3. The lowest BCUT2D eigenvalue weighted by Gasteiger charge is -2.33. The minimum atomic E-state index is 0.253. The summed E-state index contributed by atoms with van der Waals surface area (Å²) < 4.78 is 0. The number of piperidine rings is 1. The molecule has 1 unspecified atom stereocenters. The van der Waals surface area contributed by atoms with Gasteiger partial charge in [-0.2, -0.15) is 10.4 Å². The van der Waals surface area contributed by atoms with Crippen LogP contribution in [0.5, 0.6) is 0 Å². The molecule has 1 aliphatic rings. The highest BCUT2D eigenvalue weighted by Crippen LogP contribution is 2.20. The zero-order valence-corrected chi connectivity index (χ0v) is 11.6. The van der Waals surface area contributed by atoms with E-state index < -0.39 is 0 Å². The maximum absolute atomic E-state index is 9.12. The highest BCUT2D eigenvalue weighted by molar-refractivity contribution is 5.52. The van der Waals surface area contributed by atoms with E-state index in [1.165, 1.54) is 0 Å². The third-order valence-electron chi connectivity index (χ3n) is 3.57. The molecule has 1 atom stereocenters. The summed E-state index contributed by atoms with van der Waals surface area (Å²) in [6.07, 6.45) is 5.50. The van der Waals surface area contributed by atoms with Crippen LogP contribution in [-0.2, 0) is 0 Å². The van der Waals surface area contributed by atoms with E-state index in [9.17, 15) is 0 Å². The predicted molar refractivity (Wildman–Crippen MR) is 79.8 cm³/mol. The molecule has 2 aromatic heterocycles. The predicted octanol–water partition coefficient (Wildman–Crippen LogP) is 1.82. The van der Waals surface area contributed by atoms with Crippen molar-refractivity contribution in [3.63, 3.8) is 0 Å². The molecule has 21 heavy (non-hydrogen) atoms. The highest BCUT2D eigenvalue weighted by atomic mass is 15.3. The highest BCUT2D eigenvalue weighted by Gasteiger charge is 2.21. The zero-order chi connectivity index (χ0) is 14.5. The fourth-order valence-electron chi connectivity index (χ4n) is 2.57. The molecule has 1 saturated heterocycles. The first-order valence-electron chi connectivity index (χ1n) is 7.01. The van der Waals surface area contributed by atoms with Gasteiger partial charge in [-0.1, -0.05) is 0 Å². The van der Waals surface area contributed by atoms with E-state index in [4.69, 9.17) is 5.26 Å². The number of nitriles is 1. The van der Waals surface area contributed by atoms with Gasteiger partial charge in [0.1, 0.15) is 11.9 Å². The van der Waals surface area contributed by atoms with Gasteiger partial charge in [-0.15, -0.1) is 5.10 Å². The summed E-state index contributed by atoms with van der Waals surface area (Å²) >= 11 is 0. The Balaban J connectivity index is 1.71. The second kappa shape index (κ2) is 6.18. The van der Waals surface area contributed by atoms with Crippen molar-refractivity contribution in [1.29, 1.82) is 5.26 Å². The Morgan fingerprint density at radius 1 is 1.29 bits per heavy atom. The van der Waals surface area contributed by atoms with Crippen LogP contribution in [-0.4, -0.2) is 34.3 Å². The second-order valence-electron chi connectivity index (χ2n) is 5.02. The molecule has 0 saturated carbocycles. The van der Waals surface area contributed by atoms with Crippen LogP contribution in [0.25, 0.3) is 0 Å². The van der Waals surface area contributed by atoms with Gasteiger partial charge in [0.2, 0.25) is 0 Å². The number of nitrogens with one attached hydrogen (secondary N) is 1. The maximum Gasteiger partial charge on any atom is 0.151 e. The largest absolute Gasteiger partial charge is 0.364 e. The van der Waals surface area contributed by atoms with Crippen molar-refractivity contribution < 1.29 is 0 Å². The quantitative estimate of drug-likeness (QED) is 0.924. The summed E-state index contributed by atoms with van der Waals surface area (Å²) in [6.45, 7) is 1.81. The molecule has 1 fully saturated rings. The first-order chi connectivity index (χ1) is 10.4. The second-order valence-corrected chi connectivity index (χ2v) is 5.02. The molecule has 3 heterocycles. The molecule has 0 radical (unpaired) electrons. The Bertz CT molecular complexity index is 636. The summed E-state index contributed by atoms with van der Waals surface area (Å²) in [5.74, 6) is 1.55. The Morgan fingerprint density at radius 3 is 3.00 bits per heavy atom. The Morgan fingerprint density at radius 2 is 2.19 bits per heavy atom. The van der Waals surface area contributed by atoms with Crippen molar-refractivity contribution in [2.75, 3.05) is 23.3 Å². The number of anilines is 2. The fourth-order valence-corrected chi connectivity index (χ4v) is 2.57. The summed E-state index contributed by atoms with van der Waals surface area (Å²) in [6, 6.07) is 9.83.